The molecule has 2 fully saturated rings. The van der Waals surface area contributed by atoms with Crippen LogP contribution in [0.15, 0.2) is 0 Å². The number of carbonyl (C=O) groups is 1. The van der Waals surface area contributed by atoms with Gasteiger partial charge >= 0.3 is 0 Å². The van der Waals surface area contributed by atoms with Crippen molar-refractivity contribution in [1.29, 1.82) is 0 Å². The molecule has 0 aromatic carbocycles. The summed E-state index contributed by atoms with van der Waals surface area (Å²) in [5, 5.41) is 3.39. The van der Waals surface area contributed by atoms with Gasteiger partial charge in [0.1, 0.15) is 6.61 Å². The Balaban J connectivity index is 2.01. The van der Waals surface area contributed by atoms with Gasteiger partial charge in [0, 0.05) is 13.1 Å². The third-order valence-electron chi connectivity index (χ3n) is 4.17. The van der Waals surface area contributed by atoms with Gasteiger partial charge in [0.25, 0.3) is 0 Å². The molecule has 0 bridgehead atoms. The SMILES string of the molecule is CC(C)CN1CC(C)(C2CCNCC2)OCC1=O. The molecule has 0 saturated carbocycles. The molecular formula is C14H26N2O2. The van der Waals surface area contributed by atoms with Crippen LogP contribution in [0.3, 0.4) is 0 Å². The number of carbonyl (C=O) groups excluding carboxylic acids is 1. The van der Waals surface area contributed by atoms with Crippen LogP contribution >= 0.6 is 0 Å². The van der Waals surface area contributed by atoms with E-state index in [0.717, 1.165) is 39.0 Å². The van der Waals surface area contributed by atoms with Crippen LogP contribution in [-0.2, 0) is 9.53 Å². The highest BCUT2D eigenvalue weighted by Crippen LogP contribution is 2.32. The van der Waals surface area contributed by atoms with Crippen molar-refractivity contribution in [3.8, 4) is 0 Å². The standard InChI is InChI=1S/C14H26N2O2/c1-11(2)8-16-10-14(3,18-9-13(16)17)12-4-6-15-7-5-12/h11-12,15H,4-10H2,1-3H3. The van der Waals surface area contributed by atoms with E-state index in [-0.39, 0.29) is 18.1 Å². The summed E-state index contributed by atoms with van der Waals surface area (Å²) in [7, 11) is 0. The Kier molecular flexibility index (Phi) is 4.28. The Morgan fingerprint density at radius 3 is 2.72 bits per heavy atom. The van der Waals surface area contributed by atoms with Gasteiger partial charge in [-0.05, 0) is 44.7 Å². The van der Waals surface area contributed by atoms with Crippen LogP contribution in [0.1, 0.15) is 33.6 Å². The Labute approximate surface area is 110 Å². The summed E-state index contributed by atoms with van der Waals surface area (Å²) < 4.78 is 5.91. The highest BCUT2D eigenvalue weighted by Gasteiger charge is 2.42. The van der Waals surface area contributed by atoms with Crippen molar-refractivity contribution in [2.45, 2.75) is 39.2 Å². The van der Waals surface area contributed by atoms with Crippen molar-refractivity contribution < 1.29 is 9.53 Å². The van der Waals surface area contributed by atoms with Crippen LogP contribution < -0.4 is 5.32 Å². The summed E-state index contributed by atoms with van der Waals surface area (Å²) in [5.41, 5.74) is -0.148. The lowest BCUT2D eigenvalue weighted by Crippen LogP contribution is -2.58. The Morgan fingerprint density at radius 2 is 2.11 bits per heavy atom. The molecule has 0 aromatic heterocycles. The first kappa shape index (κ1) is 13.8. The fourth-order valence-electron chi connectivity index (χ4n) is 3.12. The van der Waals surface area contributed by atoms with Crippen molar-refractivity contribution in [2.24, 2.45) is 11.8 Å². The molecule has 4 nitrogen and oxygen atoms in total. The summed E-state index contributed by atoms with van der Waals surface area (Å²) in [4.78, 5) is 13.9. The lowest BCUT2D eigenvalue weighted by Gasteiger charge is -2.46. The lowest BCUT2D eigenvalue weighted by molar-refractivity contribution is -0.172. The van der Waals surface area contributed by atoms with Gasteiger partial charge in [-0.2, -0.15) is 0 Å². The number of morpholine rings is 1. The van der Waals surface area contributed by atoms with Gasteiger partial charge in [-0.15, -0.1) is 0 Å². The third-order valence-corrected chi connectivity index (χ3v) is 4.17. The maximum atomic E-state index is 11.9. The maximum absolute atomic E-state index is 11.9. The molecule has 2 aliphatic heterocycles. The minimum Gasteiger partial charge on any atom is -0.363 e. The first-order valence-electron chi connectivity index (χ1n) is 7.14. The first-order valence-corrected chi connectivity index (χ1v) is 7.14. The normalized spacial score (nSPS) is 31.1. The minimum atomic E-state index is -0.148. The van der Waals surface area contributed by atoms with E-state index in [1.165, 1.54) is 0 Å². The van der Waals surface area contributed by atoms with Crippen molar-refractivity contribution in [1.82, 2.24) is 10.2 Å². The van der Waals surface area contributed by atoms with Gasteiger partial charge in [-0.25, -0.2) is 0 Å². The van der Waals surface area contributed by atoms with Crippen LogP contribution in [-0.4, -0.2) is 49.2 Å². The molecule has 0 aliphatic carbocycles. The fraction of sp³-hybridized carbons (Fsp3) is 0.929. The molecule has 2 heterocycles. The number of hydrogen-bond donors (Lipinski definition) is 1. The zero-order chi connectivity index (χ0) is 13.2. The topological polar surface area (TPSA) is 41.6 Å². The highest BCUT2D eigenvalue weighted by molar-refractivity contribution is 5.78. The van der Waals surface area contributed by atoms with Crippen molar-refractivity contribution in [3.05, 3.63) is 0 Å². The van der Waals surface area contributed by atoms with E-state index >= 15 is 0 Å². The predicted molar refractivity (Wildman–Crippen MR) is 71.4 cm³/mol. The van der Waals surface area contributed by atoms with E-state index in [0.29, 0.717) is 11.8 Å². The second-order valence-electron chi connectivity index (χ2n) is 6.29. The number of hydrogen-bond acceptors (Lipinski definition) is 3. The minimum absolute atomic E-state index is 0.148. The van der Waals surface area contributed by atoms with Crippen molar-refractivity contribution >= 4 is 5.91 Å². The highest BCUT2D eigenvalue weighted by atomic mass is 16.5. The molecule has 1 unspecified atom stereocenters. The average Bonchev–Trinajstić information content (AvgIpc) is 2.35. The molecule has 2 rings (SSSR count). The van der Waals surface area contributed by atoms with Crippen LogP contribution in [0.4, 0.5) is 0 Å². The van der Waals surface area contributed by atoms with Gasteiger partial charge in [0.2, 0.25) is 5.91 Å². The zero-order valence-corrected chi connectivity index (χ0v) is 11.9. The molecule has 104 valence electrons. The monoisotopic (exact) mass is 254 g/mol. The third kappa shape index (κ3) is 3.04. The number of amides is 1. The lowest BCUT2D eigenvalue weighted by atomic mass is 9.81. The second kappa shape index (κ2) is 5.57. The number of ether oxygens (including phenoxy) is 1. The van der Waals surface area contributed by atoms with E-state index in [9.17, 15) is 4.79 Å². The summed E-state index contributed by atoms with van der Waals surface area (Å²) >= 11 is 0. The summed E-state index contributed by atoms with van der Waals surface area (Å²) in [5.74, 6) is 1.24. The summed E-state index contributed by atoms with van der Waals surface area (Å²) in [6.45, 7) is 10.5. The number of piperidine rings is 1. The number of rotatable bonds is 3. The molecular weight excluding hydrogens is 228 g/mol. The molecule has 0 radical (unpaired) electrons. The van der Waals surface area contributed by atoms with Gasteiger partial charge in [0.15, 0.2) is 0 Å². The molecule has 2 aliphatic rings. The first-order chi connectivity index (χ1) is 8.51. The largest absolute Gasteiger partial charge is 0.363 e. The van der Waals surface area contributed by atoms with E-state index in [2.05, 4.69) is 26.1 Å². The van der Waals surface area contributed by atoms with Crippen LogP contribution in [0.25, 0.3) is 0 Å². The van der Waals surface area contributed by atoms with Crippen LogP contribution in [0, 0.1) is 11.8 Å². The Hall–Kier alpha value is -0.610. The summed E-state index contributed by atoms with van der Waals surface area (Å²) in [6, 6.07) is 0. The average molecular weight is 254 g/mol. The summed E-state index contributed by atoms with van der Waals surface area (Å²) in [6.07, 6.45) is 2.31. The molecule has 1 atom stereocenters. The van der Waals surface area contributed by atoms with Gasteiger partial charge in [0.05, 0.1) is 5.60 Å². The smallest absolute Gasteiger partial charge is 0.248 e. The second-order valence-corrected chi connectivity index (χ2v) is 6.29. The quantitative estimate of drug-likeness (QED) is 0.824. The van der Waals surface area contributed by atoms with Crippen molar-refractivity contribution in [2.75, 3.05) is 32.8 Å². The van der Waals surface area contributed by atoms with E-state index in [1.807, 2.05) is 4.90 Å². The number of nitrogens with zero attached hydrogens (tertiary/aromatic N) is 1. The zero-order valence-electron chi connectivity index (χ0n) is 11.9. The molecule has 0 aromatic rings. The van der Waals surface area contributed by atoms with E-state index in [4.69, 9.17) is 4.74 Å². The fourth-order valence-corrected chi connectivity index (χ4v) is 3.12. The van der Waals surface area contributed by atoms with Gasteiger partial charge in [-0.3, -0.25) is 4.79 Å². The molecule has 1 amide bonds. The van der Waals surface area contributed by atoms with Crippen LogP contribution in [0.2, 0.25) is 0 Å². The molecule has 1 N–H and O–H groups in total. The number of nitrogens with one attached hydrogen (secondary N) is 1. The van der Waals surface area contributed by atoms with Gasteiger partial charge < -0.3 is 15.0 Å². The Bertz CT molecular complexity index is 300. The van der Waals surface area contributed by atoms with E-state index < -0.39 is 0 Å². The van der Waals surface area contributed by atoms with Crippen molar-refractivity contribution in [3.63, 3.8) is 0 Å². The predicted octanol–water partition coefficient (Wildman–Crippen LogP) is 1.26. The maximum Gasteiger partial charge on any atom is 0.248 e. The molecule has 18 heavy (non-hydrogen) atoms. The molecule has 2 saturated heterocycles. The molecule has 0 spiro atoms. The Morgan fingerprint density at radius 1 is 1.44 bits per heavy atom. The molecule has 4 heteroatoms. The van der Waals surface area contributed by atoms with Gasteiger partial charge in [-0.1, -0.05) is 13.8 Å². The van der Waals surface area contributed by atoms with Crippen LogP contribution in [0.5, 0.6) is 0 Å². The van der Waals surface area contributed by atoms with E-state index in [1.54, 1.807) is 0 Å².